The summed E-state index contributed by atoms with van der Waals surface area (Å²) in [6, 6.07) is 7.23. The summed E-state index contributed by atoms with van der Waals surface area (Å²) in [5.74, 6) is 1.53. The second-order valence-corrected chi connectivity index (χ2v) is 12.7. The van der Waals surface area contributed by atoms with Crippen LogP contribution in [0.15, 0.2) is 41.6 Å². The third-order valence-corrected chi connectivity index (χ3v) is 10.4. The summed E-state index contributed by atoms with van der Waals surface area (Å²) in [7, 11) is -1.58. The minimum atomic E-state index is -3.59. The average Bonchev–Trinajstić information content (AvgIpc) is 3.30. The number of aryl methyl sites for hydroxylation is 1. The topological polar surface area (TPSA) is 131 Å². The van der Waals surface area contributed by atoms with Crippen molar-refractivity contribution in [2.75, 3.05) is 70.2 Å². The number of hydrogen-bond donors (Lipinski definition) is 1. The molecule has 11 nitrogen and oxygen atoms in total. The highest BCUT2D eigenvalue weighted by atomic mass is 32.2. The van der Waals surface area contributed by atoms with E-state index < -0.39 is 10.0 Å². The predicted molar refractivity (Wildman–Crippen MR) is 152 cm³/mol. The SMILES string of the molecule is Cc1c(-c2cccc(S(=O)(=O)N3CCN(C)CC3)c2)sc2c(N3CCOCC3)nc(-c3cnc(N)nc3)nc12. The molecule has 0 amide bonds. The Morgan fingerprint density at radius 1 is 0.974 bits per heavy atom. The molecule has 0 bridgehead atoms. The highest BCUT2D eigenvalue weighted by molar-refractivity contribution is 7.89. The fourth-order valence-electron chi connectivity index (χ4n) is 4.90. The van der Waals surface area contributed by atoms with E-state index in [1.807, 2.05) is 26.1 Å². The van der Waals surface area contributed by atoms with Crippen LogP contribution in [0.4, 0.5) is 11.8 Å². The van der Waals surface area contributed by atoms with Crippen LogP contribution in [0.5, 0.6) is 0 Å². The Kier molecular flexibility index (Phi) is 6.93. The first-order chi connectivity index (χ1) is 18.8. The molecule has 2 fully saturated rings. The number of benzene rings is 1. The minimum absolute atomic E-state index is 0.189. The largest absolute Gasteiger partial charge is 0.378 e. The number of piperazine rings is 1. The van der Waals surface area contributed by atoms with E-state index >= 15 is 0 Å². The molecule has 6 rings (SSSR count). The van der Waals surface area contributed by atoms with Crippen LogP contribution in [0.25, 0.3) is 32.0 Å². The van der Waals surface area contributed by atoms with Crippen LogP contribution in [0.3, 0.4) is 0 Å². The van der Waals surface area contributed by atoms with Gasteiger partial charge in [0.2, 0.25) is 16.0 Å². The summed E-state index contributed by atoms with van der Waals surface area (Å²) in [5.41, 5.74) is 9.01. The second kappa shape index (κ2) is 10.4. The van der Waals surface area contributed by atoms with Gasteiger partial charge < -0.3 is 20.3 Å². The van der Waals surface area contributed by atoms with Crippen LogP contribution in [-0.4, -0.2) is 97.1 Å². The first-order valence-corrected chi connectivity index (χ1v) is 15.1. The van der Waals surface area contributed by atoms with Crippen LogP contribution >= 0.6 is 11.3 Å². The first-order valence-electron chi connectivity index (χ1n) is 12.8. The molecule has 3 aromatic heterocycles. The Morgan fingerprint density at radius 3 is 2.41 bits per heavy atom. The number of nitrogen functional groups attached to an aromatic ring is 1. The van der Waals surface area contributed by atoms with E-state index in [1.165, 1.54) is 0 Å². The van der Waals surface area contributed by atoms with Gasteiger partial charge in [-0.15, -0.1) is 11.3 Å². The van der Waals surface area contributed by atoms with Gasteiger partial charge in [0.1, 0.15) is 0 Å². The van der Waals surface area contributed by atoms with Crippen LogP contribution in [0.2, 0.25) is 0 Å². The maximum Gasteiger partial charge on any atom is 0.243 e. The van der Waals surface area contributed by atoms with Crippen molar-refractivity contribution in [1.29, 1.82) is 0 Å². The number of fused-ring (bicyclic) bond motifs is 1. The van der Waals surface area contributed by atoms with Gasteiger partial charge in [0.25, 0.3) is 0 Å². The lowest BCUT2D eigenvalue weighted by Gasteiger charge is -2.31. The third kappa shape index (κ3) is 4.96. The number of ether oxygens (including phenoxy) is 1. The smallest absolute Gasteiger partial charge is 0.243 e. The second-order valence-electron chi connectivity index (χ2n) is 9.77. The van der Waals surface area contributed by atoms with Crippen molar-refractivity contribution < 1.29 is 13.2 Å². The van der Waals surface area contributed by atoms with Gasteiger partial charge in [-0.3, -0.25) is 0 Å². The maximum atomic E-state index is 13.5. The molecule has 2 aliphatic rings. The molecule has 2 N–H and O–H groups in total. The van der Waals surface area contributed by atoms with Crippen molar-refractivity contribution in [3.63, 3.8) is 0 Å². The van der Waals surface area contributed by atoms with Gasteiger partial charge in [-0.2, -0.15) is 4.31 Å². The number of hydrogen-bond acceptors (Lipinski definition) is 11. The molecule has 0 unspecified atom stereocenters. The van der Waals surface area contributed by atoms with Gasteiger partial charge in [0, 0.05) is 56.5 Å². The molecule has 2 aliphatic heterocycles. The normalized spacial score (nSPS) is 17.6. The number of sulfonamides is 1. The molecule has 0 aliphatic carbocycles. The zero-order chi connectivity index (χ0) is 27.1. The third-order valence-electron chi connectivity index (χ3n) is 7.18. The molecule has 1 aromatic carbocycles. The molecule has 2 saturated heterocycles. The number of nitrogens with two attached hydrogens (primary N) is 1. The molecule has 204 valence electrons. The van der Waals surface area contributed by atoms with Crippen molar-refractivity contribution in [2.24, 2.45) is 0 Å². The highest BCUT2D eigenvalue weighted by Crippen LogP contribution is 2.42. The predicted octanol–water partition coefficient (Wildman–Crippen LogP) is 2.48. The molecular weight excluding hydrogens is 536 g/mol. The molecule has 0 atom stereocenters. The quantitative estimate of drug-likeness (QED) is 0.384. The summed E-state index contributed by atoms with van der Waals surface area (Å²) in [4.78, 5) is 23.7. The van der Waals surface area contributed by atoms with Gasteiger partial charge in [0.05, 0.1) is 33.9 Å². The fourth-order valence-corrected chi connectivity index (χ4v) is 7.62. The van der Waals surface area contributed by atoms with Gasteiger partial charge in [0.15, 0.2) is 11.6 Å². The van der Waals surface area contributed by atoms with Crippen molar-refractivity contribution in [3.05, 3.63) is 42.2 Å². The van der Waals surface area contributed by atoms with E-state index in [0.717, 1.165) is 58.2 Å². The minimum Gasteiger partial charge on any atom is -0.378 e. The van der Waals surface area contributed by atoms with E-state index in [-0.39, 0.29) is 5.95 Å². The first kappa shape index (κ1) is 26.0. The van der Waals surface area contributed by atoms with Crippen molar-refractivity contribution >= 4 is 43.3 Å². The number of aromatic nitrogens is 4. The zero-order valence-corrected chi connectivity index (χ0v) is 23.5. The monoisotopic (exact) mass is 566 g/mol. The zero-order valence-electron chi connectivity index (χ0n) is 21.9. The van der Waals surface area contributed by atoms with Crippen molar-refractivity contribution in [1.82, 2.24) is 29.1 Å². The molecule has 0 radical (unpaired) electrons. The Morgan fingerprint density at radius 2 is 1.69 bits per heavy atom. The summed E-state index contributed by atoms with van der Waals surface area (Å²) < 4.78 is 35.1. The Labute approximate surface area is 231 Å². The molecule has 39 heavy (non-hydrogen) atoms. The highest BCUT2D eigenvalue weighted by Gasteiger charge is 2.28. The van der Waals surface area contributed by atoms with Gasteiger partial charge in [-0.05, 0) is 37.2 Å². The van der Waals surface area contributed by atoms with E-state index in [9.17, 15) is 8.42 Å². The molecule has 4 aromatic rings. The number of rotatable bonds is 5. The van der Waals surface area contributed by atoms with Crippen LogP contribution in [-0.2, 0) is 14.8 Å². The summed E-state index contributed by atoms with van der Waals surface area (Å²) in [6.07, 6.45) is 3.25. The van der Waals surface area contributed by atoms with E-state index in [4.69, 9.17) is 20.4 Å². The lowest BCUT2D eigenvalue weighted by atomic mass is 10.1. The Hall–Kier alpha value is -3.23. The number of thiophene rings is 1. The number of nitrogens with zero attached hydrogens (tertiary/aromatic N) is 7. The van der Waals surface area contributed by atoms with Gasteiger partial charge in [-0.1, -0.05) is 12.1 Å². The standard InChI is InChI=1S/C26H30N8O3S2/c1-17-21-23(25(33-10-12-37-13-11-33)31-24(30-21)19-15-28-26(27)29-16-19)38-22(17)18-4-3-5-20(14-18)39(35,36)34-8-6-32(2)7-9-34/h3-5,14-16H,6-13H2,1-2H3,(H2,27,28,29). The van der Waals surface area contributed by atoms with Gasteiger partial charge >= 0.3 is 0 Å². The van der Waals surface area contributed by atoms with E-state index in [1.54, 1.807) is 40.2 Å². The lowest BCUT2D eigenvalue weighted by Crippen LogP contribution is -2.47. The average molecular weight is 567 g/mol. The number of likely N-dealkylation sites (N-methyl/N-ethyl adjacent to an activating group) is 1. The number of morpholine rings is 1. The molecule has 0 saturated carbocycles. The van der Waals surface area contributed by atoms with Gasteiger partial charge in [-0.25, -0.2) is 28.4 Å². The molecule has 13 heteroatoms. The Balaban J connectivity index is 1.45. The molecule has 0 spiro atoms. The van der Waals surface area contributed by atoms with E-state index in [0.29, 0.717) is 42.6 Å². The number of anilines is 2. The molecular formula is C26H30N8O3S2. The van der Waals surface area contributed by atoms with Crippen molar-refractivity contribution in [2.45, 2.75) is 11.8 Å². The van der Waals surface area contributed by atoms with Crippen molar-refractivity contribution in [3.8, 4) is 21.8 Å². The summed E-state index contributed by atoms with van der Waals surface area (Å²) in [6.45, 7) is 7.11. The maximum absolute atomic E-state index is 13.5. The van der Waals surface area contributed by atoms with Crippen LogP contribution < -0.4 is 10.6 Å². The lowest BCUT2D eigenvalue weighted by molar-refractivity contribution is 0.122. The fraction of sp³-hybridized carbons (Fsp3) is 0.385. The van der Waals surface area contributed by atoms with Crippen LogP contribution in [0.1, 0.15) is 5.56 Å². The summed E-state index contributed by atoms with van der Waals surface area (Å²) >= 11 is 1.58. The Bertz CT molecular complexity index is 1610. The van der Waals surface area contributed by atoms with Crippen LogP contribution in [0, 0.1) is 6.92 Å². The van der Waals surface area contributed by atoms with E-state index in [2.05, 4.69) is 19.8 Å². The summed E-state index contributed by atoms with van der Waals surface area (Å²) in [5, 5.41) is 0. The molecule has 5 heterocycles.